The van der Waals surface area contributed by atoms with Crippen LogP contribution in [0.1, 0.15) is 41.7 Å². The number of aryl methyl sites for hydroxylation is 4. The maximum absolute atomic E-state index is 13.8. The van der Waals surface area contributed by atoms with Crippen LogP contribution in [0.15, 0.2) is 42.1 Å². The van der Waals surface area contributed by atoms with E-state index >= 15 is 0 Å². The zero-order valence-corrected chi connectivity index (χ0v) is 19.2. The maximum atomic E-state index is 13.8. The van der Waals surface area contributed by atoms with Crippen molar-refractivity contribution in [1.82, 2.24) is 4.90 Å². The number of nitrogens with zero attached hydrogens (tertiary/aromatic N) is 2. The number of ether oxygens (including phenoxy) is 1. The summed E-state index contributed by atoms with van der Waals surface area (Å²) in [5.74, 6) is -0.517. The summed E-state index contributed by atoms with van der Waals surface area (Å²) >= 11 is 0. The third kappa shape index (κ3) is 3.79. The Balaban J connectivity index is 1.89. The van der Waals surface area contributed by atoms with E-state index in [1.807, 2.05) is 82.8 Å². The molecule has 2 aromatic rings. The van der Waals surface area contributed by atoms with Gasteiger partial charge >= 0.3 is 0 Å². The lowest BCUT2D eigenvalue weighted by Crippen LogP contribution is -2.47. The molecule has 0 aromatic heterocycles. The molecule has 0 aliphatic carbocycles. The molecule has 2 aliphatic rings. The molecule has 2 heterocycles. The molecule has 0 saturated carbocycles. The number of carbonyl (C=O) groups excluding carboxylic acids is 2. The van der Waals surface area contributed by atoms with Gasteiger partial charge in [0.1, 0.15) is 5.70 Å². The van der Waals surface area contributed by atoms with Gasteiger partial charge in [-0.3, -0.25) is 9.59 Å². The van der Waals surface area contributed by atoms with E-state index in [0.29, 0.717) is 30.0 Å². The molecule has 2 amide bonds. The van der Waals surface area contributed by atoms with Crippen LogP contribution in [0.4, 0.5) is 5.69 Å². The standard InChI is InChI=1S/C26H30N2O3/c1-15-7-8-17(3)22(11-15)28-25(29)23(21-10-9-16(2)18(4)12-21)24(26(28)30)27-13-19(5)31-20(6)14-27/h7-12,19-20H,13-14H2,1-6H3. The number of morpholine rings is 1. The van der Waals surface area contributed by atoms with Crippen molar-refractivity contribution in [3.63, 3.8) is 0 Å². The fourth-order valence-corrected chi connectivity index (χ4v) is 4.51. The summed E-state index contributed by atoms with van der Waals surface area (Å²) in [6.07, 6.45) is -0.0372. The van der Waals surface area contributed by atoms with Crippen molar-refractivity contribution < 1.29 is 14.3 Å². The molecule has 31 heavy (non-hydrogen) atoms. The van der Waals surface area contributed by atoms with Crippen LogP contribution in [0, 0.1) is 27.7 Å². The van der Waals surface area contributed by atoms with E-state index in [0.717, 1.165) is 27.8 Å². The summed E-state index contributed by atoms with van der Waals surface area (Å²) in [5, 5.41) is 0. The van der Waals surface area contributed by atoms with Gasteiger partial charge in [0, 0.05) is 13.1 Å². The Morgan fingerprint density at radius 1 is 0.806 bits per heavy atom. The molecule has 2 aliphatic heterocycles. The van der Waals surface area contributed by atoms with Crippen molar-refractivity contribution in [2.45, 2.75) is 53.8 Å². The van der Waals surface area contributed by atoms with E-state index in [1.165, 1.54) is 4.90 Å². The zero-order valence-electron chi connectivity index (χ0n) is 19.2. The Bertz CT molecular complexity index is 1090. The first-order chi connectivity index (χ1) is 14.7. The van der Waals surface area contributed by atoms with E-state index < -0.39 is 0 Å². The molecule has 2 unspecified atom stereocenters. The first-order valence-electron chi connectivity index (χ1n) is 10.9. The summed E-state index contributed by atoms with van der Waals surface area (Å²) in [5.41, 5.74) is 6.57. The van der Waals surface area contributed by atoms with E-state index in [2.05, 4.69) is 0 Å². The van der Waals surface area contributed by atoms with Crippen molar-refractivity contribution in [1.29, 1.82) is 0 Å². The second-order valence-corrected chi connectivity index (χ2v) is 8.92. The molecule has 0 spiro atoms. The summed E-state index contributed by atoms with van der Waals surface area (Å²) in [4.78, 5) is 31.0. The third-order valence-electron chi connectivity index (χ3n) is 6.20. The molecule has 2 atom stereocenters. The molecule has 0 N–H and O–H groups in total. The number of hydrogen-bond donors (Lipinski definition) is 0. The molecule has 5 nitrogen and oxygen atoms in total. The molecular formula is C26H30N2O3. The average Bonchev–Trinajstić information content (AvgIpc) is 2.95. The van der Waals surface area contributed by atoms with Gasteiger partial charge in [0.25, 0.3) is 11.8 Å². The lowest BCUT2D eigenvalue weighted by atomic mass is 9.99. The van der Waals surface area contributed by atoms with E-state index in [9.17, 15) is 9.59 Å². The first-order valence-corrected chi connectivity index (χ1v) is 10.9. The predicted molar refractivity (Wildman–Crippen MR) is 123 cm³/mol. The number of imide groups is 1. The molecule has 5 heteroatoms. The summed E-state index contributed by atoms with van der Waals surface area (Å²) in [6.45, 7) is 13.1. The van der Waals surface area contributed by atoms with Crippen molar-refractivity contribution in [3.05, 3.63) is 69.9 Å². The van der Waals surface area contributed by atoms with Gasteiger partial charge in [0.05, 0.1) is 23.5 Å². The zero-order chi connectivity index (χ0) is 22.4. The number of hydrogen-bond acceptors (Lipinski definition) is 4. The van der Waals surface area contributed by atoms with Crippen molar-refractivity contribution in [3.8, 4) is 0 Å². The first kappa shape index (κ1) is 21.3. The molecule has 0 bridgehead atoms. The normalized spacial score (nSPS) is 22.0. The van der Waals surface area contributed by atoms with Crippen LogP contribution in [0.5, 0.6) is 0 Å². The monoisotopic (exact) mass is 418 g/mol. The summed E-state index contributed by atoms with van der Waals surface area (Å²) < 4.78 is 5.89. The number of rotatable bonds is 3. The molecule has 4 rings (SSSR count). The van der Waals surface area contributed by atoms with Crippen molar-refractivity contribution in [2.24, 2.45) is 0 Å². The van der Waals surface area contributed by atoms with Gasteiger partial charge in [-0.2, -0.15) is 0 Å². The fourth-order valence-electron chi connectivity index (χ4n) is 4.51. The highest BCUT2D eigenvalue weighted by Gasteiger charge is 2.44. The second-order valence-electron chi connectivity index (χ2n) is 8.92. The highest BCUT2D eigenvalue weighted by atomic mass is 16.5. The third-order valence-corrected chi connectivity index (χ3v) is 6.20. The predicted octanol–water partition coefficient (Wildman–Crippen LogP) is 4.31. The topological polar surface area (TPSA) is 49.9 Å². The van der Waals surface area contributed by atoms with E-state index in [4.69, 9.17) is 4.74 Å². The Kier molecular flexibility index (Phi) is 5.48. The van der Waals surface area contributed by atoms with Crippen LogP contribution in [0.3, 0.4) is 0 Å². The fraction of sp³-hybridized carbons (Fsp3) is 0.385. The summed E-state index contributed by atoms with van der Waals surface area (Å²) in [6, 6.07) is 11.8. The van der Waals surface area contributed by atoms with Gasteiger partial charge in [-0.05, 0) is 75.4 Å². The highest BCUT2D eigenvalue weighted by molar-refractivity contribution is 6.45. The molecule has 0 radical (unpaired) electrons. The van der Waals surface area contributed by atoms with Crippen LogP contribution in [0.2, 0.25) is 0 Å². The van der Waals surface area contributed by atoms with E-state index in [1.54, 1.807) is 0 Å². The van der Waals surface area contributed by atoms with Gasteiger partial charge in [-0.25, -0.2) is 4.90 Å². The highest BCUT2D eigenvalue weighted by Crippen LogP contribution is 2.37. The minimum Gasteiger partial charge on any atom is -0.372 e. The SMILES string of the molecule is Cc1ccc(C)c(N2C(=O)C(c3ccc(C)c(C)c3)=C(N3CC(C)OC(C)C3)C2=O)c1. The van der Waals surface area contributed by atoms with Crippen LogP contribution < -0.4 is 4.90 Å². The van der Waals surface area contributed by atoms with Crippen LogP contribution in [0.25, 0.3) is 5.57 Å². The molecule has 1 saturated heterocycles. The van der Waals surface area contributed by atoms with Crippen LogP contribution in [-0.4, -0.2) is 42.0 Å². The van der Waals surface area contributed by atoms with Gasteiger partial charge in [0.2, 0.25) is 0 Å². The Labute approximate surface area is 184 Å². The quantitative estimate of drug-likeness (QED) is 0.697. The molecule has 1 fully saturated rings. The minimum atomic E-state index is -0.260. The largest absolute Gasteiger partial charge is 0.372 e. The molecular weight excluding hydrogens is 388 g/mol. The summed E-state index contributed by atoms with van der Waals surface area (Å²) in [7, 11) is 0. The second kappa shape index (κ2) is 7.97. The maximum Gasteiger partial charge on any atom is 0.282 e. The van der Waals surface area contributed by atoms with Gasteiger partial charge in [-0.15, -0.1) is 0 Å². The van der Waals surface area contributed by atoms with Gasteiger partial charge < -0.3 is 9.64 Å². The lowest BCUT2D eigenvalue weighted by Gasteiger charge is -2.37. The Morgan fingerprint density at radius 3 is 2.10 bits per heavy atom. The van der Waals surface area contributed by atoms with Crippen LogP contribution >= 0.6 is 0 Å². The lowest BCUT2D eigenvalue weighted by molar-refractivity contribution is -0.121. The van der Waals surface area contributed by atoms with E-state index in [-0.39, 0.29) is 24.0 Å². The Hall–Kier alpha value is -2.92. The Morgan fingerprint density at radius 2 is 1.45 bits per heavy atom. The van der Waals surface area contributed by atoms with Crippen molar-refractivity contribution >= 4 is 23.1 Å². The number of benzene rings is 2. The average molecular weight is 419 g/mol. The molecule has 162 valence electrons. The van der Waals surface area contributed by atoms with Gasteiger partial charge in [-0.1, -0.05) is 30.3 Å². The number of amides is 2. The van der Waals surface area contributed by atoms with Gasteiger partial charge in [0.15, 0.2) is 0 Å². The van der Waals surface area contributed by atoms with Crippen molar-refractivity contribution in [2.75, 3.05) is 18.0 Å². The van der Waals surface area contributed by atoms with Crippen LogP contribution in [-0.2, 0) is 14.3 Å². The smallest absolute Gasteiger partial charge is 0.282 e. The molecule has 2 aromatic carbocycles. The number of anilines is 1. The number of carbonyl (C=O) groups is 2. The minimum absolute atomic E-state index is 0.0186.